The fourth-order valence-electron chi connectivity index (χ4n) is 3.90. The number of carbonyl (C=O) groups excluding carboxylic acids is 3. The van der Waals surface area contributed by atoms with E-state index in [9.17, 15) is 14.4 Å². The van der Waals surface area contributed by atoms with E-state index in [0.717, 1.165) is 27.8 Å². The number of rotatable bonds is 5. The number of nitrogens with one attached hydrogen (secondary N) is 2. The Morgan fingerprint density at radius 2 is 1.93 bits per heavy atom. The fraction of sp³-hybridized carbons (Fsp3) is 0.550. The van der Waals surface area contributed by atoms with Crippen LogP contribution in [0.5, 0.6) is 0 Å². The maximum Gasteiger partial charge on any atom is 0.325 e. The topological polar surface area (TPSA) is 78.5 Å². The van der Waals surface area contributed by atoms with Crippen LogP contribution in [0.15, 0.2) is 28.7 Å². The van der Waals surface area contributed by atoms with E-state index >= 15 is 0 Å². The average Bonchev–Trinajstić information content (AvgIpc) is 2.84. The highest BCUT2D eigenvalue weighted by Gasteiger charge is 2.52. The molecule has 1 spiro atoms. The molecule has 1 aliphatic carbocycles. The Kier molecular flexibility index (Phi) is 5.89. The van der Waals surface area contributed by atoms with Gasteiger partial charge in [0.05, 0.1) is 0 Å². The van der Waals surface area contributed by atoms with Crippen molar-refractivity contribution in [3.05, 3.63) is 34.3 Å². The summed E-state index contributed by atoms with van der Waals surface area (Å²) in [6.45, 7) is 3.84. The number of benzene rings is 1. The molecule has 3 rings (SSSR count). The number of imide groups is 1. The first kappa shape index (κ1) is 19.9. The molecule has 0 radical (unpaired) electrons. The Balaban J connectivity index is 1.55. The van der Waals surface area contributed by atoms with Crippen molar-refractivity contribution in [1.82, 2.24) is 15.5 Å². The summed E-state index contributed by atoms with van der Waals surface area (Å²) in [5, 5.41) is 5.73. The van der Waals surface area contributed by atoms with Gasteiger partial charge in [-0.2, -0.15) is 0 Å². The van der Waals surface area contributed by atoms with E-state index in [1.54, 1.807) is 0 Å². The molecular formula is C20H26BrN3O3. The van der Waals surface area contributed by atoms with Crippen molar-refractivity contribution in [2.45, 2.75) is 57.5 Å². The molecule has 6 nitrogen and oxygen atoms in total. The van der Waals surface area contributed by atoms with Crippen molar-refractivity contribution in [1.29, 1.82) is 0 Å². The lowest BCUT2D eigenvalue weighted by Gasteiger charge is -2.33. The summed E-state index contributed by atoms with van der Waals surface area (Å²) in [7, 11) is 0. The molecule has 2 fully saturated rings. The minimum absolute atomic E-state index is 0.0936. The molecule has 1 heterocycles. The number of nitrogens with zero attached hydrogens (tertiary/aromatic N) is 1. The quantitative estimate of drug-likeness (QED) is 0.697. The first-order valence-electron chi connectivity index (χ1n) is 9.47. The SMILES string of the molecule is CC1CCC2(CC1)NC(=O)N(CC(=O)NC(C)Cc1ccc(Br)cc1)C2=O. The minimum Gasteiger partial charge on any atom is -0.352 e. The van der Waals surface area contributed by atoms with Crippen LogP contribution in [0.3, 0.4) is 0 Å². The predicted molar refractivity (Wildman–Crippen MR) is 106 cm³/mol. The van der Waals surface area contributed by atoms with Crippen LogP contribution in [-0.4, -0.2) is 40.9 Å². The summed E-state index contributed by atoms with van der Waals surface area (Å²) in [6.07, 6.45) is 3.81. The van der Waals surface area contributed by atoms with Gasteiger partial charge in [0.25, 0.3) is 5.91 Å². The van der Waals surface area contributed by atoms with Gasteiger partial charge in [0.1, 0.15) is 12.1 Å². The molecule has 1 saturated carbocycles. The highest BCUT2D eigenvalue weighted by Crippen LogP contribution is 2.36. The van der Waals surface area contributed by atoms with Gasteiger partial charge in [0.2, 0.25) is 5.91 Å². The van der Waals surface area contributed by atoms with Gasteiger partial charge in [-0.05, 0) is 62.6 Å². The van der Waals surface area contributed by atoms with Crippen molar-refractivity contribution < 1.29 is 14.4 Å². The molecule has 1 aliphatic heterocycles. The van der Waals surface area contributed by atoms with Gasteiger partial charge in [-0.25, -0.2) is 4.79 Å². The highest BCUT2D eigenvalue weighted by atomic mass is 79.9. The second-order valence-electron chi connectivity index (χ2n) is 7.89. The summed E-state index contributed by atoms with van der Waals surface area (Å²) in [5.74, 6) is -0.00316. The second-order valence-corrected chi connectivity index (χ2v) is 8.80. The van der Waals surface area contributed by atoms with Crippen molar-refractivity contribution >= 4 is 33.8 Å². The Bertz CT molecular complexity index is 726. The third-order valence-corrected chi connectivity index (χ3v) is 6.07. The summed E-state index contributed by atoms with van der Waals surface area (Å²) in [4.78, 5) is 38.5. The summed E-state index contributed by atoms with van der Waals surface area (Å²) in [5.41, 5.74) is 0.309. The summed E-state index contributed by atoms with van der Waals surface area (Å²) >= 11 is 3.40. The van der Waals surface area contributed by atoms with Crippen molar-refractivity contribution in [3.63, 3.8) is 0 Å². The third kappa shape index (κ3) is 4.51. The average molecular weight is 436 g/mol. The normalized spacial score (nSPS) is 26.2. The van der Waals surface area contributed by atoms with Crippen LogP contribution in [0.4, 0.5) is 4.79 Å². The maximum absolute atomic E-state index is 12.8. The molecule has 1 atom stereocenters. The van der Waals surface area contributed by atoms with Crippen LogP contribution >= 0.6 is 15.9 Å². The van der Waals surface area contributed by atoms with Crippen molar-refractivity contribution in [3.8, 4) is 0 Å². The van der Waals surface area contributed by atoms with E-state index in [1.807, 2.05) is 31.2 Å². The van der Waals surface area contributed by atoms with Gasteiger partial charge in [-0.15, -0.1) is 0 Å². The second kappa shape index (κ2) is 8.00. The van der Waals surface area contributed by atoms with Crippen molar-refractivity contribution in [2.75, 3.05) is 6.54 Å². The minimum atomic E-state index is -0.799. The third-order valence-electron chi connectivity index (χ3n) is 5.54. The number of urea groups is 1. The number of amides is 4. The Labute approximate surface area is 168 Å². The first-order valence-corrected chi connectivity index (χ1v) is 10.3. The Morgan fingerprint density at radius 3 is 2.56 bits per heavy atom. The molecule has 0 bridgehead atoms. The number of carbonyl (C=O) groups is 3. The standard InChI is InChI=1S/C20H26BrN3O3/c1-13-7-9-20(10-8-13)18(26)24(19(27)23-20)12-17(25)22-14(2)11-15-3-5-16(21)6-4-15/h3-6,13-14H,7-12H2,1-2H3,(H,22,25)(H,23,27). The smallest absolute Gasteiger partial charge is 0.325 e. The van der Waals surface area contributed by atoms with E-state index in [4.69, 9.17) is 0 Å². The van der Waals surface area contributed by atoms with Crippen LogP contribution in [-0.2, 0) is 16.0 Å². The molecule has 1 aromatic carbocycles. The van der Waals surface area contributed by atoms with Crippen LogP contribution in [0.2, 0.25) is 0 Å². The number of hydrogen-bond donors (Lipinski definition) is 2. The van der Waals surface area contributed by atoms with Crippen LogP contribution < -0.4 is 10.6 Å². The lowest BCUT2D eigenvalue weighted by molar-refractivity contribution is -0.136. The molecule has 1 unspecified atom stereocenters. The van der Waals surface area contributed by atoms with Gasteiger partial charge < -0.3 is 10.6 Å². The van der Waals surface area contributed by atoms with E-state index in [-0.39, 0.29) is 24.4 Å². The number of hydrogen-bond acceptors (Lipinski definition) is 3. The zero-order valence-electron chi connectivity index (χ0n) is 15.8. The molecule has 2 N–H and O–H groups in total. The molecule has 27 heavy (non-hydrogen) atoms. The zero-order valence-corrected chi connectivity index (χ0v) is 17.3. The van der Waals surface area contributed by atoms with Gasteiger partial charge in [0.15, 0.2) is 0 Å². The molecule has 4 amide bonds. The van der Waals surface area contributed by atoms with Crippen molar-refractivity contribution in [2.24, 2.45) is 5.92 Å². The maximum atomic E-state index is 12.8. The van der Waals surface area contributed by atoms with Crippen LogP contribution in [0, 0.1) is 5.92 Å². The lowest BCUT2D eigenvalue weighted by atomic mass is 9.77. The van der Waals surface area contributed by atoms with Crippen LogP contribution in [0.1, 0.15) is 45.1 Å². The fourth-order valence-corrected chi connectivity index (χ4v) is 4.17. The summed E-state index contributed by atoms with van der Waals surface area (Å²) < 4.78 is 1.01. The first-order chi connectivity index (χ1) is 12.8. The monoisotopic (exact) mass is 435 g/mol. The van der Waals surface area contributed by atoms with Gasteiger partial charge in [-0.3, -0.25) is 14.5 Å². The predicted octanol–water partition coefficient (Wildman–Crippen LogP) is 3.00. The molecule has 7 heteroatoms. The molecule has 1 aromatic rings. The summed E-state index contributed by atoms with van der Waals surface area (Å²) in [6, 6.07) is 7.37. The van der Waals surface area contributed by atoms with E-state index < -0.39 is 11.6 Å². The highest BCUT2D eigenvalue weighted by molar-refractivity contribution is 9.10. The number of halogens is 1. The van der Waals surface area contributed by atoms with Gasteiger partial charge >= 0.3 is 6.03 Å². The Hall–Kier alpha value is -1.89. The lowest BCUT2D eigenvalue weighted by Crippen LogP contribution is -2.50. The molecule has 2 aliphatic rings. The molecule has 0 aromatic heterocycles. The largest absolute Gasteiger partial charge is 0.352 e. The zero-order chi connectivity index (χ0) is 19.6. The van der Waals surface area contributed by atoms with Gasteiger partial charge in [-0.1, -0.05) is 35.0 Å². The molecule has 1 saturated heterocycles. The van der Waals surface area contributed by atoms with E-state index in [2.05, 4.69) is 33.5 Å². The van der Waals surface area contributed by atoms with E-state index in [0.29, 0.717) is 25.2 Å². The van der Waals surface area contributed by atoms with Crippen LogP contribution in [0.25, 0.3) is 0 Å². The molecular weight excluding hydrogens is 410 g/mol. The molecule has 146 valence electrons. The van der Waals surface area contributed by atoms with Gasteiger partial charge in [0, 0.05) is 10.5 Å². The van der Waals surface area contributed by atoms with E-state index in [1.165, 1.54) is 0 Å². The Morgan fingerprint density at radius 1 is 1.30 bits per heavy atom.